The number of halogens is 1. The van der Waals surface area contributed by atoms with Gasteiger partial charge < -0.3 is 20.3 Å². The molecule has 0 radical (unpaired) electrons. The molecule has 0 bridgehead atoms. The smallest absolute Gasteiger partial charge is 0.191 e. The summed E-state index contributed by atoms with van der Waals surface area (Å²) in [6.07, 6.45) is 3.70. The molecule has 1 fully saturated rings. The summed E-state index contributed by atoms with van der Waals surface area (Å²) in [4.78, 5) is 11.2. The highest BCUT2D eigenvalue weighted by Gasteiger charge is 2.24. The number of likely N-dealkylation sites (tertiary alicyclic amines) is 1. The van der Waals surface area contributed by atoms with Gasteiger partial charge in [-0.1, -0.05) is 6.07 Å². The number of methoxy groups -OCH3 is 1. The van der Waals surface area contributed by atoms with Crippen LogP contribution in [0.25, 0.3) is 0 Å². The summed E-state index contributed by atoms with van der Waals surface area (Å²) in [5.41, 5.74) is 0. The van der Waals surface area contributed by atoms with Gasteiger partial charge in [-0.2, -0.15) is 0 Å². The highest BCUT2D eigenvalue weighted by atomic mass is 127. The number of nitrogens with one attached hydrogen (secondary N) is 2. The molecule has 162 valence electrons. The van der Waals surface area contributed by atoms with Crippen molar-refractivity contribution in [3.05, 3.63) is 22.4 Å². The number of guanidine groups is 1. The van der Waals surface area contributed by atoms with Crippen molar-refractivity contribution in [2.75, 3.05) is 66.6 Å². The Hall–Kier alpha value is -0.420. The second kappa shape index (κ2) is 15.4. The fourth-order valence-electron chi connectivity index (χ4n) is 3.35. The normalized spacial score (nSPS) is 16.2. The SMILES string of the molecule is CCNC(=NCC(c1cccs1)N1CCCC1)NCCCN(C)CCOC.I. The van der Waals surface area contributed by atoms with E-state index in [1.54, 1.807) is 7.11 Å². The van der Waals surface area contributed by atoms with Crippen molar-refractivity contribution in [3.63, 3.8) is 0 Å². The minimum Gasteiger partial charge on any atom is -0.383 e. The molecule has 0 amide bonds. The molecule has 0 spiro atoms. The Kier molecular flexibility index (Phi) is 14.1. The van der Waals surface area contributed by atoms with Crippen LogP contribution in [-0.4, -0.2) is 82.3 Å². The summed E-state index contributed by atoms with van der Waals surface area (Å²) in [5.74, 6) is 0.929. The first kappa shape index (κ1) is 25.6. The largest absolute Gasteiger partial charge is 0.383 e. The lowest BCUT2D eigenvalue weighted by Crippen LogP contribution is -2.39. The lowest BCUT2D eigenvalue weighted by molar-refractivity contribution is 0.161. The van der Waals surface area contributed by atoms with Crippen LogP contribution < -0.4 is 10.6 Å². The van der Waals surface area contributed by atoms with Crippen LogP contribution in [0, 0.1) is 0 Å². The average molecular weight is 524 g/mol. The van der Waals surface area contributed by atoms with E-state index in [-0.39, 0.29) is 24.0 Å². The first-order valence-electron chi connectivity index (χ1n) is 10.2. The Balaban J connectivity index is 0.00000392. The Morgan fingerprint density at radius 1 is 1.32 bits per heavy atom. The van der Waals surface area contributed by atoms with Gasteiger partial charge >= 0.3 is 0 Å². The molecule has 1 aliphatic rings. The number of hydrogen-bond acceptors (Lipinski definition) is 5. The van der Waals surface area contributed by atoms with Gasteiger partial charge in [0.05, 0.1) is 19.2 Å². The van der Waals surface area contributed by atoms with Gasteiger partial charge in [0.2, 0.25) is 0 Å². The number of hydrogen-bond donors (Lipinski definition) is 2. The summed E-state index contributed by atoms with van der Waals surface area (Å²) in [6, 6.07) is 4.80. The predicted molar refractivity (Wildman–Crippen MR) is 131 cm³/mol. The molecule has 0 aliphatic carbocycles. The minimum atomic E-state index is 0. The number of thiophene rings is 1. The third-order valence-corrected chi connectivity index (χ3v) is 5.88. The van der Waals surface area contributed by atoms with Crippen molar-refractivity contribution in [2.24, 2.45) is 4.99 Å². The molecule has 6 nitrogen and oxygen atoms in total. The van der Waals surface area contributed by atoms with E-state index in [9.17, 15) is 0 Å². The first-order chi connectivity index (χ1) is 13.2. The third-order valence-electron chi connectivity index (χ3n) is 4.91. The monoisotopic (exact) mass is 523 g/mol. The Morgan fingerprint density at radius 3 is 2.75 bits per heavy atom. The van der Waals surface area contributed by atoms with E-state index in [0.29, 0.717) is 6.04 Å². The highest BCUT2D eigenvalue weighted by Crippen LogP contribution is 2.28. The molecule has 28 heavy (non-hydrogen) atoms. The maximum absolute atomic E-state index is 5.13. The van der Waals surface area contributed by atoms with E-state index < -0.39 is 0 Å². The molecule has 0 aromatic carbocycles. The fourth-order valence-corrected chi connectivity index (χ4v) is 4.21. The zero-order chi connectivity index (χ0) is 19.3. The molecular weight excluding hydrogens is 485 g/mol. The number of rotatable bonds is 12. The maximum Gasteiger partial charge on any atom is 0.191 e. The molecule has 2 rings (SSSR count). The van der Waals surface area contributed by atoms with Gasteiger partial charge in [-0.05, 0) is 64.3 Å². The van der Waals surface area contributed by atoms with Crippen molar-refractivity contribution in [3.8, 4) is 0 Å². The van der Waals surface area contributed by atoms with Gasteiger partial charge in [0.1, 0.15) is 0 Å². The number of ether oxygens (including phenoxy) is 1. The van der Waals surface area contributed by atoms with Crippen LogP contribution in [0.2, 0.25) is 0 Å². The Bertz CT molecular complexity index is 523. The Labute approximate surface area is 192 Å². The maximum atomic E-state index is 5.13. The van der Waals surface area contributed by atoms with E-state index in [1.807, 2.05) is 11.3 Å². The van der Waals surface area contributed by atoms with E-state index in [2.05, 4.69) is 51.9 Å². The van der Waals surface area contributed by atoms with Crippen LogP contribution in [-0.2, 0) is 4.74 Å². The van der Waals surface area contributed by atoms with Crippen LogP contribution in [0.3, 0.4) is 0 Å². The zero-order valence-electron chi connectivity index (χ0n) is 17.7. The molecule has 1 aromatic rings. The van der Waals surface area contributed by atoms with E-state index in [4.69, 9.17) is 9.73 Å². The zero-order valence-corrected chi connectivity index (χ0v) is 20.8. The van der Waals surface area contributed by atoms with E-state index in [1.165, 1.54) is 30.8 Å². The van der Waals surface area contributed by atoms with Crippen molar-refractivity contribution < 1.29 is 4.74 Å². The van der Waals surface area contributed by atoms with Crippen LogP contribution in [0.15, 0.2) is 22.5 Å². The molecule has 1 atom stereocenters. The summed E-state index contributed by atoms with van der Waals surface area (Å²) in [5, 5.41) is 9.05. The van der Waals surface area contributed by atoms with Gasteiger partial charge in [-0.15, -0.1) is 35.3 Å². The highest BCUT2D eigenvalue weighted by molar-refractivity contribution is 14.0. The lowest BCUT2D eigenvalue weighted by Gasteiger charge is -2.25. The molecule has 8 heteroatoms. The lowest BCUT2D eigenvalue weighted by atomic mass is 10.2. The second-order valence-corrected chi connectivity index (χ2v) is 8.05. The molecule has 1 aliphatic heterocycles. The summed E-state index contributed by atoms with van der Waals surface area (Å²) in [7, 11) is 3.89. The van der Waals surface area contributed by atoms with Crippen molar-refractivity contribution in [1.29, 1.82) is 0 Å². The summed E-state index contributed by atoms with van der Waals surface area (Å²) in [6.45, 7) is 9.94. The van der Waals surface area contributed by atoms with Gasteiger partial charge in [0.15, 0.2) is 5.96 Å². The topological polar surface area (TPSA) is 52.1 Å². The second-order valence-electron chi connectivity index (χ2n) is 7.07. The number of nitrogens with zero attached hydrogens (tertiary/aromatic N) is 3. The predicted octanol–water partition coefficient (Wildman–Crippen LogP) is 3.03. The van der Waals surface area contributed by atoms with Crippen molar-refractivity contribution in [2.45, 2.75) is 32.2 Å². The van der Waals surface area contributed by atoms with Crippen molar-refractivity contribution >= 4 is 41.3 Å². The molecule has 1 unspecified atom stereocenters. The fraction of sp³-hybridized carbons (Fsp3) is 0.750. The van der Waals surface area contributed by atoms with Crippen LogP contribution >= 0.6 is 35.3 Å². The van der Waals surface area contributed by atoms with Crippen LogP contribution in [0.4, 0.5) is 0 Å². The van der Waals surface area contributed by atoms with Crippen molar-refractivity contribution in [1.82, 2.24) is 20.4 Å². The third kappa shape index (κ3) is 9.39. The van der Waals surface area contributed by atoms with E-state index in [0.717, 1.165) is 51.7 Å². The van der Waals surface area contributed by atoms with Gasteiger partial charge in [-0.3, -0.25) is 9.89 Å². The first-order valence-corrected chi connectivity index (χ1v) is 11.1. The minimum absolute atomic E-state index is 0. The molecular formula is C20H38IN5OS. The molecule has 0 saturated carbocycles. The number of likely N-dealkylation sites (N-methyl/N-ethyl adjacent to an activating group) is 1. The standard InChI is InChI=1S/C20H37N5OS.HI/c1-4-21-20(22-10-8-11-24(2)14-15-26-3)23-17-18(19-9-7-16-27-19)25-12-5-6-13-25;/h7,9,16,18H,4-6,8,10-15,17H2,1-3H3,(H2,21,22,23);1H. The van der Waals surface area contributed by atoms with Gasteiger partial charge in [-0.25, -0.2) is 0 Å². The molecule has 1 aromatic heterocycles. The Morgan fingerprint density at radius 2 is 2.11 bits per heavy atom. The van der Waals surface area contributed by atoms with E-state index >= 15 is 0 Å². The van der Waals surface area contributed by atoms with Gasteiger partial charge in [0.25, 0.3) is 0 Å². The summed E-state index contributed by atoms with van der Waals surface area (Å²) < 4.78 is 5.13. The van der Waals surface area contributed by atoms with Gasteiger partial charge in [0, 0.05) is 31.6 Å². The molecule has 2 N–H and O–H groups in total. The summed E-state index contributed by atoms with van der Waals surface area (Å²) >= 11 is 1.85. The quantitative estimate of drug-likeness (QED) is 0.191. The average Bonchev–Trinajstić information content (AvgIpc) is 3.38. The molecule has 2 heterocycles. The van der Waals surface area contributed by atoms with Crippen LogP contribution in [0.5, 0.6) is 0 Å². The van der Waals surface area contributed by atoms with Crippen LogP contribution in [0.1, 0.15) is 37.1 Å². The number of aliphatic imine (C=N–C) groups is 1. The molecule has 1 saturated heterocycles.